The summed E-state index contributed by atoms with van der Waals surface area (Å²) in [5, 5.41) is 11.0. The molecule has 0 spiro atoms. The summed E-state index contributed by atoms with van der Waals surface area (Å²) in [6.45, 7) is 13.1. The largest absolute Gasteiger partial charge is 0.504 e. The van der Waals surface area contributed by atoms with Gasteiger partial charge in [-0.3, -0.25) is 4.79 Å². The molecule has 0 fully saturated rings. The number of carbonyl (C=O) groups is 1. The van der Waals surface area contributed by atoms with Gasteiger partial charge < -0.3 is 9.84 Å². The number of allylic oxidation sites excluding steroid dienone is 1. The molecule has 186 valence electrons. The van der Waals surface area contributed by atoms with Crippen molar-refractivity contribution in [2.24, 2.45) is 0 Å². The molecule has 0 amide bonds. The van der Waals surface area contributed by atoms with Crippen LogP contribution in [0.2, 0.25) is 0 Å². The van der Waals surface area contributed by atoms with Gasteiger partial charge in [0.1, 0.15) is 5.75 Å². The lowest BCUT2D eigenvalue weighted by Crippen LogP contribution is -2.07. The van der Waals surface area contributed by atoms with Crippen molar-refractivity contribution in [2.45, 2.75) is 97.8 Å². The van der Waals surface area contributed by atoms with Gasteiger partial charge in [-0.25, -0.2) is 0 Å². The van der Waals surface area contributed by atoms with Crippen LogP contribution in [0.15, 0.2) is 42.2 Å². The first kappa shape index (κ1) is 27.7. The van der Waals surface area contributed by atoms with Crippen LogP contribution in [0.5, 0.6) is 5.75 Å². The van der Waals surface area contributed by atoms with E-state index in [4.69, 9.17) is 4.74 Å². The highest BCUT2D eigenvalue weighted by atomic mass is 16.5. The van der Waals surface area contributed by atoms with Crippen molar-refractivity contribution in [1.82, 2.24) is 0 Å². The van der Waals surface area contributed by atoms with Crippen molar-refractivity contribution in [3.05, 3.63) is 70.0 Å². The number of methoxy groups -OCH3 is 1. The predicted molar refractivity (Wildman–Crippen MR) is 144 cm³/mol. The third-order valence-electron chi connectivity index (χ3n) is 6.89. The summed E-state index contributed by atoms with van der Waals surface area (Å²) < 4.78 is 5.82. The van der Waals surface area contributed by atoms with Gasteiger partial charge in [-0.15, -0.1) is 0 Å². The number of ether oxygens (including phenoxy) is 1. The maximum atomic E-state index is 13.2. The van der Waals surface area contributed by atoms with Gasteiger partial charge in [-0.2, -0.15) is 0 Å². The molecule has 0 aliphatic rings. The average Bonchev–Trinajstić information content (AvgIpc) is 2.83. The van der Waals surface area contributed by atoms with E-state index in [1.54, 1.807) is 19.3 Å². The van der Waals surface area contributed by atoms with E-state index in [2.05, 4.69) is 59.7 Å². The summed E-state index contributed by atoms with van der Waals surface area (Å²) in [4.78, 5) is 13.2. The highest BCUT2D eigenvalue weighted by Gasteiger charge is 2.20. The maximum Gasteiger partial charge on any atom is 0.227 e. The number of aliphatic hydroxyl groups is 1. The molecule has 2 aromatic carbocycles. The monoisotopic (exact) mass is 464 g/mol. The van der Waals surface area contributed by atoms with Crippen molar-refractivity contribution in [2.75, 3.05) is 7.11 Å². The third kappa shape index (κ3) is 6.98. The summed E-state index contributed by atoms with van der Waals surface area (Å²) in [7, 11) is 1.70. The fourth-order valence-corrected chi connectivity index (χ4v) is 4.89. The number of hydrogen-bond acceptors (Lipinski definition) is 3. The Kier molecular flexibility index (Phi) is 10.9. The molecule has 3 unspecified atom stereocenters. The molecule has 0 radical (unpaired) electrons. The van der Waals surface area contributed by atoms with Gasteiger partial charge in [-0.05, 0) is 71.9 Å². The number of carbonyl (C=O) groups excluding carboxylic acids is 1. The minimum absolute atomic E-state index is 0.229. The third-order valence-corrected chi connectivity index (χ3v) is 6.89. The van der Waals surface area contributed by atoms with E-state index >= 15 is 0 Å². The topological polar surface area (TPSA) is 46.5 Å². The van der Waals surface area contributed by atoms with E-state index in [-0.39, 0.29) is 17.5 Å². The number of benzene rings is 2. The van der Waals surface area contributed by atoms with Crippen LogP contribution < -0.4 is 4.74 Å². The zero-order valence-electron chi connectivity index (χ0n) is 22.3. The van der Waals surface area contributed by atoms with Crippen LogP contribution in [0.4, 0.5) is 0 Å². The van der Waals surface area contributed by atoms with E-state index in [9.17, 15) is 9.90 Å². The van der Waals surface area contributed by atoms with Gasteiger partial charge in [0.15, 0.2) is 5.76 Å². The van der Waals surface area contributed by atoms with E-state index in [0.29, 0.717) is 17.4 Å². The first-order valence-corrected chi connectivity index (χ1v) is 13.0. The molecule has 0 heterocycles. The van der Waals surface area contributed by atoms with Gasteiger partial charge in [0.05, 0.1) is 7.11 Å². The lowest BCUT2D eigenvalue weighted by atomic mass is 9.86. The second kappa shape index (κ2) is 13.4. The first-order chi connectivity index (χ1) is 16.3. The molecule has 0 saturated carbocycles. The molecule has 3 atom stereocenters. The van der Waals surface area contributed by atoms with Gasteiger partial charge in [0.2, 0.25) is 5.78 Å². The fourth-order valence-electron chi connectivity index (χ4n) is 4.89. The highest BCUT2D eigenvalue weighted by molar-refractivity contribution is 6.09. The van der Waals surface area contributed by atoms with Crippen molar-refractivity contribution in [3.63, 3.8) is 0 Å². The predicted octanol–water partition coefficient (Wildman–Crippen LogP) is 9.19. The van der Waals surface area contributed by atoms with Gasteiger partial charge in [-0.1, -0.05) is 85.1 Å². The molecule has 1 N–H and O–H groups in total. The molecule has 3 nitrogen and oxygen atoms in total. The zero-order valence-corrected chi connectivity index (χ0v) is 22.3. The maximum absolute atomic E-state index is 13.2. The van der Waals surface area contributed by atoms with Crippen LogP contribution in [-0.2, 0) is 0 Å². The second-order valence-corrected chi connectivity index (χ2v) is 9.78. The van der Waals surface area contributed by atoms with Gasteiger partial charge in [0, 0.05) is 11.1 Å². The Morgan fingerprint density at radius 3 is 2.06 bits per heavy atom. The molecular weight excluding hydrogens is 420 g/mol. The van der Waals surface area contributed by atoms with Crippen LogP contribution in [0.3, 0.4) is 0 Å². The number of aliphatic hydroxyl groups excluding tert-OH is 1. The minimum atomic E-state index is -0.342. The molecule has 2 aromatic rings. The summed E-state index contributed by atoms with van der Waals surface area (Å²) in [6.07, 6.45) is 8.04. The lowest BCUT2D eigenvalue weighted by Gasteiger charge is -2.22. The van der Waals surface area contributed by atoms with Crippen molar-refractivity contribution < 1.29 is 14.6 Å². The Bertz CT molecular complexity index is 973. The van der Waals surface area contributed by atoms with Crippen LogP contribution >= 0.6 is 0 Å². The number of hydrogen-bond donors (Lipinski definition) is 1. The van der Waals surface area contributed by atoms with Crippen molar-refractivity contribution in [1.29, 1.82) is 0 Å². The van der Waals surface area contributed by atoms with Crippen LogP contribution in [0, 0.1) is 0 Å². The molecular formula is C31H44O3. The molecule has 0 bridgehead atoms. The molecule has 0 aliphatic carbocycles. The lowest BCUT2D eigenvalue weighted by molar-refractivity contribution is 0.0980. The van der Waals surface area contributed by atoms with Crippen LogP contribution in [0.25, 0.3) is 6.08 Å². The van der Waals surface area contributed by atoms with Crippen molar-refractivity contribution in [3.8, 4) is 5.75 Å². The zero-order chi connectivity index (χ0) is 25.3. The first-order valence-electron chi connectivity index (χ1n) is 13.0. The van der Waals surface area contributed by atoms with Gasteiger partial charge in [0.25, 0.3) is 0 Å². The molecule has 34 heavy (non-hydrogen) atoms. The van der Waals surface area contributed by atoms with E-state index in [0.717, 1.165) is 61.0 Å². The molecule has 2 rings (SSSR count). The Labute approximate surface area is 207 Å². The quantitative estimate of drug-likeness (QED) is 0.182. The molecule has 0 saturated heterocycles. The summed E-state index contributed by atoms with van der Waals surface area (Å²) in [5.41, 5.74) is 4.77. The molecule has 0 aliphatic heterocycles. The minimum Gasteiger partial charge on any atom is -0.504 e. The highest BCUT2D eigenvalue weighted by Crippen LogP contribution is 2.38. The Morgan fingerprint density at radius 1 is 0.882 bits per heavy atom. The standard InChI is InChI=1S/C31H44O3/c1-8-12-21(4)24-15-11-16-25(17-24)31(33)28(32)19-27-18-26(22(5)13-9-2)20-29(34-7)30(27)23(6)14-10-3/h11,15-23,32H,8-10,12-14H2,1-7H3/b28-19-. The van der Waals surface area contributed by atoms with Crippen LogP contribution in [0.1, 0.15) is 130 Å². The normalized spacial score (nSPS) is 14.5. The van der Waals surface area contributed by atoms with Crippen LogP contribution in [-0.4, -0.2) is 18.0 Å². The smallest absolute Gasteiger partial charge is 0.227 e. The van der Waals surface area contributed by atoms with Crippen molar-refractivity contribution >= 4 is 11.9 Å². The average molecular weight is 465 g/mol. The number of ketones is 1. The fraction of sp³-hybridized carbons (Fsp3) is 0.516. The molecule has 3 heteroatoms. The summed E-state index contributed by atoms with van der Waals surface area (Å²) >= 11 is 0. The second-order valence-electron chi connectivity index (χ2n) is 9.78. The van der Waals surface area contributed by atoms with E-state index in [1.807, 2.05) is 12.1 Å². The number of rotatable bonds is 13. The Morgan fingerprint density at radius 2 is 1.47 bits per heavy atom. The molecule has 0 aromatic heterocycles. The SMILES string of the molecule is CCCC(C)c1cccc(C(=O)/C(O)=C/c2cc(C(C)CCC)cc(OC)c2C(C)CCC)c1. The van der Waals surface area contributed by atoms with Gasteiger partial charge >= 0.3 is 0 Å². The Balaban J connectivity index is 2.55. The summed E-state index contributed by atoms with van der Waals surface area (Å²) in [6, 6.07) is 12.0. The van der Waals surface area contributed by atoms with E-state index in [1.165, 1.54) is 5.56 Å². The summed E-state index contributed by atoms with van der Waals surface area (Å²) in [5.74, 6) is 1.27. The number of Topliss-reactive ketones (excluding diaryl/α,β-unsaturated/α-hetero) is 1. The van der Waals surface area contributed by atoms with E-state index < -0.39 is 0 Å². The Hall–Kier alpha value is -2.55.